The zero-order chi connectivity index (χ0) is 14.8. The van der Waals surface area contributed by atoms with Crippen LogP contribution in [-0.2, 0) is 4.79 Å². The van der Waals surface area contributed by atoms with Crippen LogP contribution in [0.5, 0.6) is 0 Å². The fraction of sp³-hybridized carbons (Fsp3) is 0.714. The summed E-state index contributed by atoms with van der Waals surface area (Å²) in [7, 11) is 0. The minimum atomic E-state index is -0.770. The molecule has 112 valence electrons. The average Bonchev–Trinajstić information content (AvgIpc) is 2.76. The highest BCUT2D eigenvalue weighted by molar-refractivity contribution is 5.83. The van der Waals surface area contributed by atoms with Crippen LogP contribution in [0.2, 0.25) is 0 Å². The lowest BCUT2D eigenvalue weighted by atomic mass is 9.85. The zero-order valence-electron chi connectivity index (χ0n) is 12.2. The van der Waals surface area contributed by atoms with Crippen molar-refractivity contribution in [3.8, 4) is 0 Å². The van der Waals surface area contributed by atoms with Crippen molar-refractivity contribution >= 4 is 5.91 Å². The van der Waals surface area contributed by atoms with Crippen LogP contribution in [0, 0.1) is 13.8 Å². The summed E-state index contributed by atoms with van der Waals surface area (Å²) < 4.78 is 0. The van der Waals surface area contributed by atoms with Crippen molar-refractivity contribution in [1.82, 2.24) is 15.5 Å². The van der Waals surface area contributed by atoms with Crippen molar-refractivity contribution in [3.05, 3.63) is 17.0 Å². The molecular weight excluding hydrogens is 256 g/mol. The van der Waals surface area contributed by atoms with Gasteiger partial charge in [-0.25, -0.2) is 0 Å². The van der Waals surface area contributed by atoms with Gasteiger partial charge in [-0.1, -0.05) is 19.3 Å². The van der Waals surface area contributed by atoms with Crippen molar-refractivity contribution in [2.75, 3.05) is 6.54 Å². The smallest absolute Gasteiger partial charge is 0.241 e. The number of aliphatic hydroxyl groups is 1. The van der Waals surface area contributed by atoms with Gasteiger partial charge >= 0.3 is 0 Å². The van der Waals surface area contributed by atoms with Crippen LogP contribution < -0.4 is 11.1 Å². The minimum Gasteiger partial charge on any atom is -0.388 e. The Balaban J connectivity index is 1.95. The molecule has 1 aromatic rings. The fourth-order valence-electron chi connectivity index (χ4n) is 2.90. The van der Waals surface area contributed by atoms with Crippen LogP contribution in [-0.4, -0.2) is 33.4 Å². The van der Waals surface area contributed by atoms with E-state index in [4.69, 9.17) is 5.73 Å². The first-order valence-corrected chi connectivity index (χ1v) is 7.20. The van der Waals surface area contributed by atoms with Gasteiger partial charge in [0.2, 0.25) is 5.91 Å². The first-order valence-electron chi connectivity index (χ1n) is 7.20. The molecule has 6 nitrogen and oxygen atoms in total. The van der Waals surface area contributed by atoms with Crippen LogP contribution >= 0.6 is 0 Å². The monoisotopic (exact) mass is 280 g/mol. The van der Waals surface area contributed by atoms with Gasteiger partial charge in [0.05, 0.1) is 11.3 Å². The summed E-state index contributed by atoms with van der Waals surface area (Å²) in [4.78, 5) is 12.1. The van der Waals surface area contributed by atoms with Crippen LogP contribution in [0.25, 0.3) is 0 Å². The molecule has 1 aliphatic rings. The maximum atomic E-state index is 12.1. The van der Waals surface area contributed by atoms with Gasteiger partial charge in [-0.3, -0.25) is 9.89 Å². The van der Waals surface area contributed by atoms with Crippen molar-refractivity contribution < 1.29 is 9.90 Å². The predicted octanol–water partition coefficient (Wildman–Crippen LogP) is 0.838. The maximum Gasteiger partial charge on any atom is 0.241 e. The lowest BCUT2D eigenvalue weighted by molar-refractivity contribution is -0.124. The second-order valence-electron chi connectivity index (χ2n) is 5.83. The Bertz CT molecular complexity index is 458. The number of amides is 1. The molecule has 0 bridgehead atoms. The van der Waals surface area contributed by atoms with Gasteiger partial charge in [-0.05, 0) is 26.7 Å². The number of carbonyl (C=O) groups excluding carboxylic acids is 1. The standard InChI is InChI=1S/C14H24N4O2/c1-9-11(10(2)18-17-9)12(15)13(19)16-8-14(20)6-4-3-5-7-14/h12,20H,3-8,15H2,1-2H3,(H,16,19)(H,17,18). The minimum absolute atomic E-state index is 0.267. The normalized spacial score (nSPS) is 19.6. The highest BCUT2D eigenvalue weighted by atomic mass is 16.3. The fourth-order valence-corrected chi connectivity index (χ4v) is 2.90. The van der Waals surface area contributed by atoms with E-state index < -0.39 is 11.6 Å². The van der Waals surface area contributed by atoms with E-state index in [1.807, 2.05) is 13.8 Å². The SMILES string of the molecule is Cc1n[nH]c(C)c1C(N)C(=O)NCC1(O)CCCCC1. The third-order valence-electron chi connectivity index (χ3n) is 4.15. The lowest BCUT2D eigenvalue weighted by Crippen LogP contribution is -2.46. The molecule has 1 atom stereocenters. The van der Waals surface area contributed by atoms with Gasteiger partial charge in [-0.15, -0.1) is 0 Å². The number of hydrogen-bond donors (Lipinski definition) is 4. The summed E-state index contributed by atoms with van der Waals surface area (Å²) in [6, 6.07) is -0.749. The first kappa shape index (κ1) is 15.0. The molecular formula is C14H24N4O2. The molecule has 2 rings (SSSR count). The van der Waals surface area contributed by atoms with Crippen LogP contribution in [0.15, 0.2) is 0 Å². The number of aryl methyl sites for hydroxylation is 2. The van der Waals surface area contributed by atoms with Crippen molar-refractivity contribution in [2.45, 2.75) is 57.6 Å². The second-order valence-corrected chi connectivity index (χ2v) is 5.83. The molecule has 1 fully saturated rings. The Kier molecular flexibility index (Phi) is 4.45. The molecule has 0 spiro atoms. The summed E-state index contributed by atoms with van der Waals surface area (Å²) >= 11 is 0. The molecule has 0 radical (unpaired) electrons. The van der Waals surface area contributed by atoms with Gasteiger partial charge < -0.3 is 16.2 Å². The third kappa shape index (κ3) is 3.19. The molecule has 6 heteroatoms. The zero-order valence-corrected chi connectivity index (χ0v) is 12.2. The molecule has 0 aliphatic heterocycles. The quantitative estimate of drug-likeness (QED) is 0.656. The Labute approximate surface area is 119 Å². The molecule has 1 unspecified atom stereocenters. The van der Waals surface area contributed by atoms with Gasteiger partial charge in [-0.2, -0.15) is 5.10 Å². The third-order valence-corrected chi connectivity index (χ3v) is 4.15. The van der Waals surface area contributed by atoms with Gasteiger partial charge in [0.1, 0.15) is 6.04 Å². The molecule has 1 aliphatic carbocycles. The number of hydrogen-bond acceptors (Lipinski definition) is 4. The lowest BCUT2D eigenvalue weighted by Gasteiger charge is -2.32. The summed E-state index contributed by atoms with van der Waals surface area (Å²) in [6.45, 7) is 3.94. The van der Waals surface area contributed by atoms with Crippen molar-refractivity contribution in [3.63, 3.8) is 0 Å². The van der Waals surface area contributed by atoms with Crippen LogP contribution in [0.1, 0.15) is 55.1 Å². The van der Waals surface area contributed by atoms with E-state index in [0.29, 0.717) is 0 Å². The molecule has 5 N–H and O–H groups in total. The van der Waals surface area contributed by atoms with Gasteiger partial charge in [0.15, 0.2) is 0 Å². The summed E-state index contributed by atoms with van der Waals surface area (Å²) in [5.74, 6) is -0.267. The number of rotatable bonds is 4. The van der Waals surface area contributed by atoms with E-state index >= 15 is 0 Å². The van der Waals surface area contributed by atoms with E-state index in [-0.39, 0.29) is 12.5 Å². The van der Waals surface area contributed by atoms with E-state index in [9.17, 15) is 9.90 Å². The highest BCUT2D eigenvalue weighted by Crippen LogP contribution is 2.27. The first-order chi connectivity index (χ1) is 9.43. The predicted molar refractivity (Wildman–Crippen MR) is 76.0 cm³/mol. The molecule has 0 saturated heterocycles. The number of aromatic amines is 1. The maximum absolute atomic E-state index is 12.1. The Morgan fingerprint density at radius 1 is 1.45 bits per heavy atom. The summed E-state index contributed by atoms with van der Waals surface area (Å²) in [5, 5.41) is 20.0. The van der Waals surface area contributed by atoms with Crippen LogP contribution in [0.4, 0.5) is 0 Å². The second kappa shape index (κ2) is 5.93. The summed E-state index contributed by atoms with van der Waals surface area (Å²) in [5.41, 5.74) is 7.50. The van der Waals surface area contributed by atoms with E-state index in [1.165, 1.54) is 0 Å². The molecule has 1 amide bonds. The Hall–Kier alpha value is -1.40. The van der Waals surface area contributed by atoms with Crippen molar-refractivity contribution in [1.29, 1.82) is 0 Å². The number of nitrogens with zero attached hydrogens (tertiary/aromatic N) is 1. The molecule has 1 aromatic heterocycles. The number of carbonyl (C=O) groups is 1. The number of aromatic nitrogens is 2. The number of nitrogens with one attached hydrogen (secondary N) is 2. The summed E-state index contributed by atoms with van der Waals surface area (Å²) in [6.07, 6.45) is 4.67. The molecule has 1 saturated carbocycles. The highest BCUT2D eigenvalue weighted by Gasteiger charge is 2.31. The molecule has 20 heavy (non-hydrogen) atoms. The van der Waals surface area contributed by atoms with E-state index in [1.54, 1.807) is 0 Å². The Morgan fingerprint density at radius 2 is 2.10 bits per heavy atom. The molecule has 0 aromatic carbocycles. The topological polar surface area (TPSA) is 104 Å². The van der Waals surface area contributed by atoms with Crippen LogP contribution in [0.3, 0.4) is 0 Å². The number of nitrogens with two attached hydrogens (primary N) is 1. The van der Waals surface area contributed by atoms with E-state index in [2.05, 4.69) is 15.5 Å². The average molecular weight is 280 g/mol. The largest absolute Gasteiger partial charge is 0.388 e. The van der Waals surface area contributed by atoms with E-state index in [0.717, 1.165) is 49.1 Å². The van der Waals surface area contributed by atoms with Gasteiger partial charge in [0, 0.05) is 17.8 Å². The number of H-pyrrole nitrogens is 1. The van der Waals surface area contributed by atoms with Crippen molar-refractivity contribution in [2.24, 2.45) is 5.73 Å². The molecule has 1 heterocycles. The Morgan fingerprint density at radius 3 is 2.65 bits per heavy atom. The van der Waals surface area contributed by atoms with Gasteiger partial charge in [0.25, 0.3) is 0 Å².